The molecule has 2 N–H and O–H groups in total. The SMILES string of the molecule is COc1ccc(C(C)(C)[C@@H]2[C@@H](CCO)O[C@]3(C(=O)N(Cc4ccc(NC(C)=O)cc4)c4ccccc43)[C@H]2C)cc1. The molecule has 40 heavy (non-hydrogen) atoms. The van der Waals surface area contributed by atoms with E-state index in [2.05, 4.69) is 38.2 Å². The molecule has 1 spiro atoms. The summed E-state index contributed by atoms with van der Waals surface area (Å²) in [5, 5.41) is 12.8. The van der Waals surface area contributed by atoms with Crippen LogP contribution in [0.4, 0.5) is 11.4 Å². The molecule has 7 nitrogen and oxygen atoms in total. The van der Waals surface area contributed by atoms with Gasteiger partial charge in [-0.15, -0.1) is 0 Å². The van der Waals surface area contributed by atoms with Gasteiger partial charge in [0.2, 0.25) is 5.91 Å². The monoisotopic (exact) mass is 542 g/mol. The van der Waals surface area contributed by atoms with Crippen molar-refractivity contribution in [3.63, 3.8) is 0 Å². The summed E-state index contributed by atoms with van der Waals surface area (Å²) < 4.78 is 12.2. The number of ether oxygens (including phenoxy) is 2. The van der Waals surface area contributed by atoms with Crippen LogP contribution in [0.2, 0.25) is 0 Å². The number of carbonyl (C=O) groups excluding carboxylic acids is 2. The van der Waals surface area contributed by atoms with Gasteiger partial charge >= 0.3 is 0 Å². The first-order valence-electron chi connectivity index (χ1n) is 13.8. The largest absolute Gasteiger partial charge is 0.497 e. The normalized spacial score (nSPS) is 23.9. The van der Waals surface area contributed by atoms with Crippen molar-refractivity contribution in [1.29, 1.82) is 0 Å². The van der Waals surface area contributed by atoms with Gasteiger partial charge in [0.25, 0.3) is 5.91 Å². The van der Waals surface area contributed by atoms with E-state index >= 15 is 0 Å². The van der Waals surface area contributed by atoms with E-state index in [9.17, 15) is 14.7 Å². The molecule has 3 aromatic rings. The number of aliphatic hydroxyl groups excluding tert-OH is 1. The van der Waals surface area contributed by atoms with Crippen LogP contribution in [0.1, 0.15) is 50.8 Å². The zero-order valence-corrected chi connectivity index (χ0v) is 23.8. The molecule has 0 bridgehead atoms. The number of nitrogens with one attached hydrogen (secondary N) is 1. The molecule has 0 radical (unpaired) electrons. The standard InChI is InChI=1S/C33H38N2O5/c1-21-30(32(3,4)24-12-16-26(39-5)17-13-24)29(18-19-36)40-33(21)27-8-6-7-9-28(27)35(31(33)38)20-23-10-14-25(15-11-23)34-22(2)37/h6-17,21,29-30,36H,18-20H2,1-5H3,(H,34,37)/t21-,29+,30-,33+/m0/s1. The first-order chi connectivity index (χ1) is 19.1. The molecule has 0 saturated carbocycles. The molecule has 2 amide bonds. The minimum absolute atomic E-state index is 0.0249. The van der Waals surface area contributed by atoms with Gasteiger partial charge in [-0.1, -0.05) is 63.2 Å². The van der Waals surface area contributed by atoms with Gasteiger partial charge < -0.3 is 24.8 Å². The lowest BCUT2D eigenvalue weighted by Crippen LogP contribution is -2.45. The molecule has 2 aliphatic heterocycles. The maximum absolute atomic E-state index is 14.5. The number of nitrogens with zero attached hydrogens (tertiary/aromatic N) is 1. The predicted octanol–water partition coefficient (Wildman–Crippen LogP) is 5.41. The molecule has 2 heterocycles. The molecule has 5 rings (SSSR count). The fourth-order valence-corrected chi connectivity index (χ4v) is 6.90. The second kappa shape index (κ2) is 10.7. The van der Waals surface area contributed by atoms with Gasteiger partial charge in [-0.2, -0.15) is 0 Å². The number of aliphatic hydroxyl groups is 1. The van der Waals surface area contributed by atoms with Crippen molar-refractivity contribution in [3.05, 3.63) is 89.5 Å². The molecule has 1 fully saturated rings. The maximum Gasteiger partial charge on any atom is 0.264 e. The van der Waals surface area contributed by atoms with E-state index in [-0.39, 0.29) is 41.8 Å². The van der Waals surface area contributed by atoms with Crippen molar-refractivity contribution in [3.8, 4) is 5.75 Å². The van der Waals surface area contributed by atoms with Gasteiger partial charge in [0.15, 0.2) is 5.60 Å². The van der Waals surface area contributed by atoms with Crippen LogP contribution >= 0.6 is 0 Å². The van der Waals surface area contributed by atoms with E-state index in [1.54, 1.807) is 7.11 Å². The van der Waals surface area contributed by atoms with Crippen molar-refractivity contribution in [2.45, 2.75) is 57.8 Å². The summed E-state index contributed by atoms with van der Waals surface area (Å²) in [7, 11) is 1.65. The molecular weight excluding hydrogens is 504 g/mol. The Morgan fingerprint density at radius 1 is 1.07 bits per heavy atom. The third-order valence-corrected chi connectivity index (χ3v) is 8.77. The molecule has 0 aromatic heterocycles. The summed E-state index contributed by atoms with van der Waals surface area (Å²) in [6.07, 6.45) is 0.127. The molecule has 0 unspecified atom stereocenters. The molecule has 7 heteroatoms. The fourth-order valence-electron chi connectivity index (χ4n) is 6.90. The quantitative estimate of drug-likeness (QED) is 0.398. The minimum Gasteiger partial charge on any atom is -0.497 e. The highest BCUT2D eigenvalue weighted by molar-refractivity contribution is 6.07. The third kappa shape index (κ3) is 4.57. The van der Waals surface area contributed by atoms with Gasteiger partial charge in [0.05, 0.1) is 25.4 Å². The van der Waals surface area contributed by atoms with Crippen LogP contribution < -0.4 is 15.0 Å². The van der Waals surface area contributed by atoms with E-state index in [1.807, 2.05) is 65.6 Å². The van der Waals surface area contributed by atoms with Crippen LogP contribution in [0.3, 0.4) is 0 Å². The molecule has 0 aliphatic carbocycles. The van der Waals surface area contributed by atoms with Crippen molar-refractivity contribution < 1.29 is 24.2 Å². The summed E-state index contributed by atoms with van der Waals surface area (Å²) in [5.74, 6) is 0.376. The Labute approximate surface area is 236 Å². The summed E-state index contributed by atoms with van der Waals surface area (Å²) in [4.78, 5) is 27.8. The Balaban J connectivity index is 1.52. The Bertz CT molecular complexity index is 1380. The first-order valence-corrected chi connectivity index (χ1v) is 13.8. The van der Waals surface area contributed by atoms with Crippen molar-refractivity contribution >= 4 is 23.2 Å². The second-order valence-electron chi connectivity index (χ2n) is 11.5. The molecule has 1 saturated heterocycles. The van der Waals surface area contributed by atoms with Gasteiger partial charge in [-0.05, 0) is 53.3 Å². The Kier molecular flexibility index (Phi) is 7.46. The second-order valence-corrected chi connectivity index (χ2v) is 11.5. The number of amides is 2. The van der Waals surface area contributed by atoms with E-state index in [4.69, 9.17) is 9.47 Å². The number of methoxy groups -OCH3 is 1. The first kappa shape index (κ1) is 27.9. The lowest BCUT2D eigenvalue weighted by molar-refractivity contribution is -0.146. The number of benzene rings is 3. The molecular formula is C33H38N2O5. The van der Waals surface area contributed by atoms with Crippen LogP contribution in [-0.2, 0) is 31.9 Å². The van der Waals surface area contributed by atoms with E-state index in [0.717, 1.165) is 28.1 Å². The molecule has 2 aliphatic rings. The number of para-hydroxylation sites is 1. The number of hydrogen-bond acceptors (Lipinski definition) is 5. The smallest absolute Gasteiger partial charge is 0.264 e. The van der Waals surface area contributed by atoms with Crippen molar-refractivity contribution in [2.24, 2.45) is 11.8 Å². The number of fused-ring (bicyclic) bond motifs is 2. The van der Waals surface area contributed by atoms with Crippen LogP contribution in [-0.4, -0.2) is 36.7 Å². The minimum atomic E-state index is -1.15. The van der Waals surface area contributed by atoms with Gasteiger partial charge in [0, 0.05) is 36.6 Å². The third-order valence-electron chi connectivity index (χ3n) is 8.77. The molecule has 210 valence electrons. The highest BCUT2D eigenvalue weighted by Crippen LogP contribution is 2.59. The van der Waals surface area contributed by atoms with E-state index in [0.29, 0.717) is 18.7 Å². The zero-order valence-electron chi connectivity index (χ0n) is 23.8. The van der Waals surface area contributed by atoms with Crippen molar-refractivity contribution in [1.82, 2.24) is 0 Å². The number of anilines is 2. The average Bonchev–Trinajstić information content (AvgIpc) is 3.37. The Morgan fingerprint density at radius 3 is 2.38 bits per heavy atom. The molecule has 4 atom stereocenters. The Morgan fingerprint density at radius 2 is 1.75 bits per heavy atom. The Hall–Kier alpha value is -3.68. The summed E-state index contributed by atoms with van der Waals surface area (Å²) in [5.41, 5.74) is 3.00. The summed E-state index contributed by atoms with van der Waals surface area (Å²) in [6.45, 7) is 8.34. The van der Waals surface area contributed by atoms with Crippen LogP contribution in [0.25, 0.3) is 0 Å². The highest BCUT2D eigenvalue weighted by atomic mass is 16.5. The van der Waals surface area contributed by atoms with E-state index < -0.39 is 5.60 Å². The highest BCUT2D eigenvalue weighted by Gasteiger charge is 2.65. The number of rotatable bonds is 8. The average molecular weight is 543 g/mol. The topological polar surface area (TPSA) is 88.1 Å². The zero-order chi connectivity index (χ0) is 28.7. The fraction of sp³-hybridized carbons (Fsp3) is 0.394. The van der Waals surface area contributed by atoms with Crippen LogP contribution in [0, 0.1) is 11.8 Å². The lowest BCUT2D eigenvalue weighted by Gasteiger charge is -2.38. The maximum atomic E-state index is 14.5. The summed E-state index contributed by atoms with van der Waals surface area (Å²) in [6, 6.07) is 23.5. The summed E-state index contributed by atoms with van der Waals surface area (Å²) >= 11 is 0. The van der Waals surface area contributed by atoms with Gasteiger partial charge in [-0.25, -0.2) is 0 Å². The number of carbonyl (C=O) groups is 2. The van der Waals surface area contributed by atoms with Crippen molar-refractivity contribution in [2.75, 3.05) is 23.9 Å². The van der Waals surface area contributed by atoms with Crippen LogP contribution in [0.15, 0.2) is 72.8 Å². The van der Waals surface area contributed by atoms with Gasteiger partial charge in [-0.3, -0.25) is 9.59 Å². The van der Waals surface area contributed by atoms with Crippen LogP contribution in [0.5, 0.6) is 5.75 Å². The number of hydrogen-bond donors (Lipinski definition) is 2. The lowest BCUT2D eigenvalue weighted by atomic mass is 9.63. The molecule has 3 aromatic carbocycles. The predicted molar refractivity (Wildman–Crippen MR) is 155 cm³/mol. The van der Waals surface area contributed by atoms with Gasteiger partial charge in [0.1, 0.15) is 5.75 Å². The van der Waals surface area contributed by atoms with E-state index in [1.165, 1.54) is 6.92 Å².